The molecule has 2 aromatic heterocycles. The van der Waals surface area contributed by atoms with Gasteiger partial charge in [0.2, 0.25) is 5.91 Å². The monoisotopic (exact) mass is 499 g/mol. The van der Waals surface area contributed by atoms with E-state index in [-0.39, 0.29) is 35.9 Å². The number of pyridine rings is 1. The van der Waals surface area contributed by atoms with Gasteiger partial charge in [0.25, 0.3) is 0 Å². The Hall–Kier alpha value is -3.37. The summed E-state index contributed by atoms with van der Waals surface area (Å²) in [5.41, 5.74) is 1.34. The second-order valence-electron chi connectivity index (χ2n) is 7.48. The van der Waals surface area contributed by atoms with E-state index in [9.17, 15) is 17.6 Å². The second kappa shape index (κ2) is 10.3. The summed E-state index contributed by atoms with van der Waals surface area (Å²) >= 11 is 1.35. The van der Waals surface area contributed by atoms with E-state index in [4.69, 9.17) is 4.74 Å². The van der Waals surface area contributed by atoms with Crippen molar-refractivity contribution in [2.45, 2.75) is 24.3 Å². The number of hydrogen-bond acceptors (Lipinski definition) is 7. The molecule has 4 rings (SSSR count). The van der Waals surface area contributed by atoms with E-state index in [1.165, 1.54) is 28.4 Å². The Bertz CT molecular complexity index is 1390. The molecule has 0 unspecified atom stereocenters. The van der Waals surface area contributed by atoms with Crippen LogP contribution in [-0.2, 0) is 21.2 Å². The van der Waals surface area contributed by atoms with Gasteiger partial charge in [-0.3, -0.25) is 14.7 Å². The van der Waals surface area contributed by atoms with Crippen LogP contribution >= 0.6 is 11.3 Å². The number of para-hydroxylation sites is 1. The number of thiazole rings is 1. The molecule has 0 radical (unpaired) electrons. The fourth-order valence-electron chi connectivity index (χ4n) is 3.42. The van der Waals surface area contributed by atoms with Crippen molar-refractivity contribution in [3.05, 3.63) is 78.4 Å². The molecule has 0 saturated carbocycles. The zero-order valence-corrected chi connectivity index (χ0v) is 20.0. The van der Waals surface area contributed by atoms with Gasteiger partial charge < -0.3 is 4.74 Å². The van der Waals surface area contributed by atoms with Crippen molar-refractivity contribution in [3.8, 4) is 5.75 Å². The molecule has 7 nitrogen and oxygen atoms in total. The van der Waals surface area contributed by atoms with Gasteiger partial charge in [-0.05, 0) is 55.0 Å². The minimum atomic E-state index is -3.63. The van der Waals surface area contributed by atoms with Gasteiger partial charge >= 0.3 is 0 Å². The highest BCUT2D eigenvalue weighted by Gasteiger charge is 2.23. The quantitative estimate of drug-likeness (QED) is 0.312. The van der Waals surface area contributed by atoms with E-state index < -0.39 is 15.7 Å². The van der Waals surface area contributed by atoms with Gasteiger partial charge in [0.1, 0.15) is 17.1 Å². The van der Waals surface area contributed by atoms with Crippen LogP contribution in [0.25, 0.3) is 10.2 Å². The van der Waals surface area contributed by atoms with Crippen LogP contribution in [-0.4, -0.2) is 37.2 Å². The Morgan fingerprint density at radius 1 is 1.09 bits per heavy atom. The standard InChI is InChI=1S/C24H22FN3O4S2/c1-32-20-7-4-8-21-23(20)27-24(33-21)28(16-18-6-2-3-14-26-18)22(29)9-5-15-34(30,31)19-12-10-17(25)11-13-19/h2-4,6-8,10-14H,5,9,15-16H2,1H3. The average molecular weight is 500 g/mol. The number of carbonyl (C=O) groups is 1. The molecule has 0 aliphatic heterocycles. The van der Waals surface area contributed by atoms with E-state index in [1.807, 2.05) is 24.3 Å². The van der Waals surface area contributed by atoms with Gasteiger partial charge in [-0.1, -0.05) is 23.5 Å². The highest BCUT2D eigenvalue weighted by Crippen LogP contribution is 2.35. The Balaban J connectivity index is 1.54. The van der Waals surface area contributed by atoms with E-state index in [0.29, 0.717) is 22.1 Å². The third-order valence-electron chi connectivity index (χ3n) is 5.15. The number of nitrogens with zero attached hydrogens (tertiary/aromatic N) is 3. The van der Waals surface area contributed by atoms with Crippen molar-refractivity contribution in [1.29, 1.82) is 0 Å². The van der Waals surface area contributed by atoms with Crippen molar-refractivity contribution < 1.29 is 22.3 Å². The fourth-order valence-corrected chi connectivity index (χ4v) is 5.73. The lowest BCUT2D eigenvalue weighted by Crippen LogP contribution is -2.30. The summed E-state index contributed by atoms with van der Waals surface area (Å²) in [6.07, 6.45) is 1.76. The molecule has 0 atom stereocenters. The summed E-state index contributed by atoms with van der Waals surface area (Å²) in [5, 5.41) is 0.483. The highest BCUT2D eigenvalue weighted by molar-refractivity contribution is 7.91. The Kier molecular flexibility index (Phi) is 7.18. The second-order valence-corrected chi connectivity index (χ2v) is 10.6. The molecule has 1 amide bonds. The molecule has 0 saturated heterocycles. The lowest BCUT2D eigenvalue weighted by molar-refractivity contribution is -0.118. The molecule has 0 N–H and O–H groups in total. The lowest BCUT2D eigenvalue weighted by Gasteiger charge is -2.19. The maximum absolute atomic E-state index is 13.2. The molecular weight excluding hydrogens is 477 g/mol. The summed E-state index contributed by atoms with van der Waals surface area (Å²) < 4.78 is 44.5. The Morgan fingerprint density at radius 2 is 1.88 bits per heavy atom. The fraction of sp³-hybridized carbons (Fsp3) is 0.208. The number of ether oxygens (including phenoxy) is 1. The molecule has 2 aromatic carbocycles. The third-order valence-corrected chi connectivity index (χ3v) is 8.01. The summed E-state index contributed by atoms with van der Waals surface area (Å²) in [6, 6.07) is 15.7. The maximum atomic E-state index is 13.2. The average Bonchev–Trinajstić information content (AvgIpc) is 3.27. The molecule has 0 aliphatic carbocycles. The minimum Gasteiger partial charge on any atom is -0.494 e. The molecule has 0 fully saturated rings. The first-order valence-corrected chi connectivity index (χ1v) is 13.0. The van der Waals surface area contributed by atoms with Gasteiger partial charge in [0.05, 0.1) is 34.7 Å². The van der Waals surface area contributed by atoms with Crippen molar-refractivity contribution in [2.75, 3.05) is 17.8 Å². The number of anilines is 1. The third kappa shape index (κ3) is 5.40. The van der Waals surface area contributed by atoms with Crippen LogP contribution in [0.5, 0.6) is 5.75 Å². The lowest BCUT2D eigenvalue weighted by atomic mass is 10.2. The molecular formula is C24H22FN3O4S2. The molecule has 10 heteroatoms. The van der Waals surface area contributed by atoms with Crippen LogP contribution in [0.3, 0.4) is 0 Å². The molecule has 4 aromatic rings. The van der Waals surface area contributed by atoms with Crippen LogP contribution < -0.4 is 9.64 Å². The van der Waals surface area contributed by atoms with Crippen molar-refractivity contribution in [2.24, 2.45) is 0 Å². The SMILES string of the molecule is COc1cccc2sc(N(Cc3ccccn3)C(=O)CCCS(=O)(=O)c3ccc(F)cc3)nc12. The van der Waals surface area contributed by atoms with Gasteiger partial charge in [0.15, 0.2) is 15.0 Å². The Labute approximate surface area is 200 Å². The van der Waals surface area contributed by atoms with Gasteiger partial charge in [-0.25, -0.2) is 17.8 Å². The van der Waals surface area contributed by atoms with E-state index in [2.05, 4.69) is 9.97 Å². The number of amides is 1. The number of fused-ring (bicyclic) bond motifs is 1. The Morgan fingerprint density at radius 3 is 2.59 bits per heavy atom. The number of hydrogen-bond donors (Lipinski definition) is 0. The molecule has 0 aliphatic rings. The molecule has 0 spiro atoms. The molecule has 34 heavy (non-hydrogen) atoms. The van der Waals surface area contributed by atoms with Crippen LogP contribution in [0.4, 0.5) is 9.52 Å². The van der Waals surface area contributed by atoms with Crippen LogP contribution in [0.15, 0.2) is 71.8 Å². The van der Waals surface area contributed by atoms with E-state index >= 15 is 0 Å². The summed E-state index contributed by atoms with van der Waals surface area (Å²) in [5.74, 6) is -0.393. The summed E-state index contributed by atoms with van der Waals surface area (Å²) in [4.78, 5) is 23.7. The first-order chi connectivity index (χ1) is 16.4. The van der Waals surface area contributed by atoms with Gasteiger partial charge in [0, 0.05) is 12.6 Å². The van der Waals surface area contributed by atoms with Gasteiger partial charge in [-0.2, -0.15) is 0 Å². The van der Waals surface area contributed by atoms with Crippen molar-refractivity contribution in [3.63, 3.8) is 0 Å². The summed E-state index contributed by atoms with van der Waals surface area (Å²) in [7, 11) is -2.07. The molecule has 2 heterocycles. The predicted octanol–water partition coefficient (Wildman–Crippen LogP) is 4.63. The topological polar surface area (TPSA) is 89.5 Å². The van der Waals surface area contributed by atoms with E-state index in [0.717, 1.165) is 16.8 Å². The number of rotatable bonds is 9. The van der Waals surface area contributed by atoms with Crippen LogP contribution in [0.2, 0.25) is 0 Å². The number of halogens is 1. The smallest absolute Gasteiger partial charge is 0.229 e. The normalized spacial score (nSPS) is 11.5. The minimum absolute atomic E-state index is 0.000316. The number of sulfone groups is 1. The van der Waals surface area contributed by atoms with Crippen LogP contribution in [0.1, 0.15) is 18.5 Å². The zero-order valence-electron chi connectivity index (χ0n) is 18.3. The highest BCUT2D eigenvalue weighted by atomic mass is 32.2. The first-order valence-electron chi connectivity index (χ1n) is 10.5. The number of benzene rings is 2. The van der Waals surface area contributed by atoms with Crippen molar-refractivity contribution in [1.82, 2.24) is 9.97 Å². The number of aromatic nitrogens is 2. The maximum Gasteiger partial charge on any atom is 0.229 e. The first kappa shape index (κ1) is 23.8. The van der Waals surface area contributed by atoms with E-state index in [1.54, 1.807) is 25.4 Å². The largest absolute Gasteiger partial charge is 0.494 e. The predicted molar refractivity (Wildman–Crippen MR) is 129 cm³/mol. The van der Waals surface area contributed by atoms with Crippen LogP contribution in [0, 0.1) is 5.82 Å². The summed E-state index contributed by atoms with van der Waals surface area (Å²) in [6.45, 7) is 0.201. The van der Waals surface area contributed by atoms with Gasteiger partial charge in [-0.15, -0.1) is 0 Å². The molecule has 0 bridgehead atoms. The van der Waals surface area contributed by atoms with Crippen molar-refractivity contribution >= 4 is 42.4 Å². The zero-order chi connectivity index (χ0) is 24.1. The number of carbonyl (C=O) groups excluding carboxylic acids is 1. The number of methoxy groups -OCH3 is 1. The molecule has 176 valence electrons.